The number of carbonyl (C=O) groups excluding carboxylic acids is 3. The molecule has 2 heterocycles. The first-order valence-corrected chi connectivity index (χ1v) is 10.2. The Kier molecular flexibility index (Phi) is 7.05. The van der Waals surface area contributed by atoms with E-state index in [1.807, 2.05) is 38.1 Å². The number of amides is 1. The lowest BCUT2D eigenvalue weighted by molar-refractivity contribution is -0.145. The van der Waals surface area contributed by atoms with Gasteiger partial charge >= 0.3 is 5.97 Å². The highest BCUT2D eigenvalue weighted by Gasteiger charge is 2.33. The zero-order chi connectivity index (χ0) is 21.7. The molecular weight excluding hydrogens is 382 g/mol. The van der Waals surface area contributed by atoms with E-state index in [1.165, 1.54) is 12.7 Å². The van der Waals surface area contributed by atoms with E-state index in [4.69, 9.17) is 4.74 Å². The van der Waals surface area contributed by atoms with Crippen LogP contribution >= 0.6 is 0 Å². The molecule has 1 amide bonds. The van der Waals surface area contributed by atoms with Crippen LogP contribution in [0, 0.1) is 13.8 Å². The maximum absolute atomic E-state index is 13.1. The van der Waals surface area contributed by atoms with Crippen molar-refractivity contribution in [3.8, 4) is 0 Å². The summed E-state index contributed by atoms with van der Waals surface area (Å²) < 4.78 is 6.87. The highest BCUT2D eigenvalue weighted by atomic mass is 16.5. The Hall–Kier alpha value is -2.93. The zero-order valence-electron chi connectivity index (χ0n) is 17.8. The number of hydrogen-bond acceptors (Lipinski definition) is 5. The van der Waals surface area contributed by atoms with Gasteiger partial charge in [-0.3, -0.25) is 19.3 Å². The standard InChI is InChI=1S/C23H29N3O4/c1-16-13-19(17(2)26(16)11-9-18-7-5-4-6-8-18)21(27)15-25-12-10-24-23(29)20(25)14-22(28)30-3/h4-8,13,20H,9-12,14-15H2,1-3H3,(H,24,29). The van der Waals surface area contributed by atoms with Gasteiger partial charge in [0.15, 0.2) is 5.78 Å². The molecule has 1 aromatic heterocycles. The zero-order valence-corrected chi connectivity index (χ0v) is 17.8. The first-order valence-electron chi connectivity index (χ1n) is 10.2. The molecule has 7 nitrogen and oxygen atoms in total. The molecular formula is C23H29N3O4. The number of esters is 1. The van der Waals surface area contributed by atoms with E-state index in [0.717, 1.165) is 24.4 Å². The summed E-state index contributed by atoms with van der Waals surface area (Å²) in [5, 5.41) is 2.76. The van der Waals surface area contributed by atoms with Crippen molar-refractivity contribution in [3.05, 3.63) is 58.9 Å². The maximum Gasteiger partial charge on any atom is 0.307 e. The fourth-order valence-electron chi connectivity index (χ4n) is 4.00. The van der Waals surface area contributed by atoms with Gasteiger partial charge in [0, 0.05) is 36.6 Å². The van der Waals surface area contributed by atoms with E-state index >= 15 is 0 Å². The number of nitrogens with one attached hydrogen (secondary N) is 1. The van der Waals surface area contributed by atoms with Gasteiger partial charge in [0.2, 0.25) is 5.91 Å². The third-order valence-corrected chi connectivity index (χ3v) is 5.72. The van der Waals surface area contributed by atoms with E-state index in [0.29, 0.717) is 18.7 Å². The molecule has 0 radical (unpaired) electrons. The lowest BCUT2D eigenvalue weighted by Crippen LogP contribution is -2.57. The summed E-state index contributed by atoms with van der Waals surface area (Å²) in [6.07, 6.45) is 0.823. The molecule has 1 aromatic carbocycles. The predicted octanol–water partition coefficient (Wildman–Crippen LogP) is 1.89. The first kappa shape index (κ1) is 21.8. The smallest absolute Gasteiger partial charge is 0.307 e. The summed E-state index contributed by atoms with van der Waals surface area (Å²) in [4.78, 5) is 38.8. The number of aromatic nitrogens is 1. The molecule has 1 fully saturated rings. The Morgan fingerprint density at radius 1 is 1.20 bits per heavy atom. The first-order chi connectivity index (χ1) is 14.4. The quantitative estimate of drug-likeness (QED) is 0.530. The monoisotopic (exact) mass is 411 g/mol. The summed E-state index contributed by atoms with van der Waals surface area (Å²) in [6.45, 7) is 5.83. The SMILES string of the molecule is COC(=O)CC1C(=O)NCCN1CC(=O)c1cc(C)n(CCc2ccccc2)c1C. The van der Waals surface area contributed by atoms with Crippen LogP contribution in [-0.4, -0.2) is 59.9 Å². The minimum absolute atomic E-state index is 0.0429. The van der Waals surface area contributed by atoms with Gasteiger partial charge in [-0.1, -0.05) is 30.3 Å². The number of ether oxygens (including phenoxy) is 1. The van der Waals surface area contributed by atoms with Crippen LogP contribution in [-0.2, 0) is 27.3 Å². The molecule has 0 spiro atoms. The van der Waals surface area contributed by atoms with Crippen LogP contribution in [0.3, 0.4) is 0 Å². The molecule has 160 valence electrons. The molecule has 7 heteroatoms. The van der Waals surface area contributed by atoms with Gasteiger partial charge in [-0.15, -0.1) is 0 Å². The largest absolute Gasteiger partial charge is 0.469 e. The Balaban J connectivity index is 1.71. The third-order valence-electron chi connectivity index (χ3n) is 5.72. The van der Waals surface area contributed by atoms with Gasteiger partial charge in [-0.05, 0) is 31.9 Å². The van der Waals surface area contributed by atoms with E-state index in [-0.39, 0.29) is 24.7 Å². The van der Waals surface area contributed by atoms with Crippen molar-refractivity contribution in [2.75, 3.05) is 26.7 Å². The second-order valence-corrected chi connectivity index (χ2v) is 7.65. The number of benzene rings is 1. The van der Waals surface area contributed by atoms with Crippen LogP contribution in [0.15, 0.2) is 36.4 Å². The minimum atomic E-state index is -0.684. The van der Waals surface area contributed by atoms with Crippen molar-refractivity contribution < 1.29 is 19.1 Å². The number of nitrogens with zero attached hydrogens (tertiary/aromatic N) is 2. The molecule has 0 aliphatic carbocycles. The Bertz CT molecular complexity index is 920. The lowest BCUT2D eigenvalue weighted by atomic mass is 10.1. The summed E-state index contributed by atoms with van der Waals surface area (Å²) in [7, 11) is 1.29. The number of carbonyl (C=O) groups is 3. The highest BCUT2D eigenvalue weighted by Crippen LogP contribution is 2.19. The molecule has 1 unspecified atom stereocenters. The van der Waals surface area contributed by atoms with Gasteiger partial charge in [-0.25, -0.2) is 0 Å². The molecule has 1 N–H and O–H groups in total. The van der Waals surface area contributed by atoms with Gasteiger partial charge in [-0.2, -0.15) is 0 Å². The number of rotatable bonds is 8. The van der Waals surface area contributed by atoms with Crippen molar-refractivity contribution in [2.24, 2.45) is 0 Å². The second kappa shape index (κ2) is 9.71. The summed E-state index contributed by atoms with van der Waals surface area (Å²) in [6, 6.07) is 11.5. The van der Waals surface area contributed by atoms with Gasteiger partial charge in [0.05, 0.1) is 20.1 Å². The third kappa shape index (κ3) is 4.97. The number of ketones is 1. The highest BCUT2D eigenvalue weighted by molar-refractivity contribution is 5.99. The number of hydrogen-bond donors (Lipinski definition) is 1. The predicted molar refractivity (Wildman–Crippen MR) is 113 cm³/mol. The average molecular weight is 412 g/mol. The summed E-state index contributed by atoms with van der Waals surface area (Å²) in [5.41, 5.74) is 3.89. The van der Waals surface area contributed by atoms with E-state index in [2.05, 4.69) is 22.0 Å². The molecule has 0 bridgehead atoms. The number of aryl methyl sites for hydroxylation is 2. The van der Waals surface area contributed by atoms with Crippen LogP contribution in [0.25, 0.3) is 0 Å². The van der Waals surface area contributed by atoms with Crippen molar-refractivity contribution >= 4 is 17.7 Å². The van der Waals surface area contributed by atoms with Crippen LogP contribution in [0.2, 0.25) is 0 Å². The number of methoxy groups -OCH3 is 1. The van der Waals surface area contributed by atoms with E-state index in [1.54, 1.807) is 4.90 Å². The molecule has 2 aromatic rings. The molecule has 1 saturated heterocycles. The maximum atomic E-state index is 13.1. The number of Topliss-reactive ketones (excluding diaryl/α,β-unsaturated/α-hetero) is 1. The summed E-state index contributed by atoms with van der Waals surface area (Å²) in [5.74, 6) is -0.750. The van der Waals surface area contributed by atoms with Crippen molar-refractivity contribution in [1.29, 1.82) is 0 Å². The van der Waals surface area contributed by atoms with Crippen LogP contribution in [0.5, 0.6) is 0 Å². The van der Waals surface area contributed by atoms with E-state index < -0.39 is 12.0 Å². The Morgan fingerprint density at radius 3 is 2.63 bits per heavy atom. The molecule has 1 aliphatic heterocycles. The van der Waals surface area contributed by atoms with Crippen molar-refractivity contribution in [1.82, 2.24) is 14.8 Å². The molecule has 3 rings (SSSR count). The van der Waals surface area contributed by atoms with Crippen LogP contribution in [0.4, 0.5) is 0 Å². The number of piperazine rings is 1. The topological polar surface area (TPSA) is 80.6 Å². The lowest BCUT2D eigenvalue weighted by Gasteiger charge is -2.33. The molecule has 1 aliphatic rings. The van der Waals surface area contributed by atoms with Gasteiger partial charge in [0.25, 0.3) is 0 Å². The van der Waals surface area contributed by atoms with Crippen molar-refractivity contribution in [2.45, 2.75) is 39.3 Å². The Morgan fingerprint density at radius 2 is 1.93 bits per heavy atom. The Labute approximate surface area is 177 Å². The summed E-state index contributed by atoms with van der Waals surface area (Å²) >= 11 is 0. The fraction of sp³-hybridized carbons (Fsp3) is 0.435. The van der Waals surface area contributed by atoms with Gasteiger partial charge < -0.3 is 14.6 Å². The average Bonchev–Trinajstić information content (AvgIpc) is 3.03. The van der Waals surface area contributed by atoms with Crippen LogP contribution < -0.4 is 5.32 Å². The normalized spacial score (nSPS) is 16.9. The molecule has 30 heavy (non-hydrogen) atoms. The van der Waals surface area contributed by atoms with Crippen molar-refractivity contribution in [3.63, 3.8) is 0 Å². The minimum Gasteiger partial charge on any atom is -0.469 e. The van der Waals surface area contributed by atoms with Gasteiger partial charge in [0.1, 0.15) is 6.04 Å². The molecule has 0 saturated carbocycles. The van der Waals surface area contributed by atoms with Crippen LogP contribution in [0.1, 0.15) is 33.7 Å². The van der Waals surface area contributed by atoms with E-state index in [9.17, 15) is 14.4 Å². The second-order valence-electron chi connectivity index (χ2n) is 7.65. The molecule has 1 atom stereocenters. The fourth-order valence-corrected chi connectivity index (χ4v) is 4.00.